The molecule has 0 aromatic heterocycles. The van der Waals surface area contributed by atoms with Crippen LogP contribution in [0.5, 0.6) is 0 Å². The van der Waals surface area contributed by atoms with E-state index in [2.05, 4.69) is 10.3 Å². The Morgan fingerprint density at radius 3 is 2.85 bits per heavy atom. The summed E-state index contributed by atoms with van der Waals surface area (Å²) >= 11 is 0. The van der Waals surface area contributed by atoms with Crippen molar-refractivity contribution in [3.8, 4) is 0 Å². The van der Waals surface area contributed by atoms with E-state index in [-0.39, 0.29) is 0 Å². The number of rotatable bonds is 2. The third-order valence-corrected chi connectivity index (χ3v) is 2.10. The lowest BCUT2D eigenvalue weighted by molar-refractivity contribution is 0.0848. The van der Waals surface area contributed by atoms with Crippen LogP contribution in [0.3, 0.4) is 0 Å². The molecular formula is C10H20N2O. The summed E-state index contributed by atoms with van der Waals surface area (Å²) in [5.41, 5.74) is -0.644. The molecule has 0 saturated carbocycles. The van der Waals surface area contributed by atoms with Crippen LogP contribution in [0.15, 0.2) is 4.99 Å². The standard InChI is InChI=1S/C10H20N2O/c1-10(2,13)8-12-9-6-4-3-5-7-11-9/h13H,3-8H2,1-2H3,(H,11,12). The fourth-order valence-electron chi connectivity index (χ4n) is 1.34. The van der Waals surface area contributed by atoms with E-state index in [9.17, 15) is 5.11 Å². The molecule has 76 valence electrons. The number of aliphatic imine (C=N–C) groups is 1. The normalized spacial score (nSPS) is 19.2. The van der Waals surface area contributed by atoms with Gasteiger partial charge in [-0.3, -0.25) is 4.99 Å². The van der Waals surface area contributed by atoms with Gasteiger partial charge < -0.3 is 10.4 Å². The van der Waals surface area contributed by atoms with E-state index in [4.69, 9.17) is 0 Å². The van der Waals surface area contributed by atoms with Crippen LogP contribution < -0.4 is 5.32 Å². The lowest BCUT2D eigenvalue weighted by Crippen LogP contribution is -2.38. The smallest absolute Gasteiger partial charge is 0.0964 e. The highest BCUT2D eigenvalue weighted by molar-refractivity contribution is 5.82. The van der Waals surface area contributed by atoms with E-state index in [0.29, 0.717) is 6.54 Å². The summed E-state index contributed by atoms with van der Waals surface area (Å²) in [5, 5.41) is 12.7. The third-order valence-electron chi connectivity index (χ3n) is 2.10. The topological polar surface area (TPSA) is 44.6 Å². The molecule has 0 aromatic rings. The van der Waals surface area contributed by atoms with Gasteiger partial charge in [0.2, 0.25) is 0 Å². The number of aliphatic hydroxyl groups is 1. The number of amidine groups is 1. The summed E-state index contributed by atoms with van der Waals surface area (Å²) in [5.74, 6) is 1.07. The minimum absolute atomic E-state index is 0.589. The Hall–Kier alpha value is -0.570. The maximum atomic E-state index is 9.50. The van der Waals surface area contributed by atoms with Crippen LogP contribution in [0, 0.1) is 0 Å². The van der Waals surface area contributed by atoms with Crippen LogP contribution >= 0.6 is 0 Å². The Labute approximate surface area is 80.3 Å². The first-order valence-corrected chi connectivity index (χ1v) is 5.07. The molecule has 2 N–H and O–H groups in total. The number of nitrogens with one attached hydrogen (secondary N) is 1. The van der Waals surface area contributed by atoms with Crippen LogP contribution in [-0.4, -0.2) is 29.6 Å². The molecular weight excluding hydrogens is 164 g/mol. The van der Waals surface area contributed by atoms with Crippen molar-refractivity contribution in [3.63, 3.8) is 0 Å². The Bertz CT molecular complexity index is 182. The van der Waals surface area contributed by atoms with E-state index in [1.807, 2.05) is 0 Å². The Morgan fingerprint density at radius 2 is 2.15 bits per heavy atom. The molecule has 0 spiro atoms. The molecule has 3 heteroatoms. The van der Waals surface area contributed by atoms with Crippen LogP contribution in [0.1, 0.15) is 39.5 Å². The predicted octanol–water partition coefficient (Wildman–Crippen LogP) is 1.32. The molecule has 0 aliphatic carbocycles. The molecule has 0 aromatic carbocycles. The highest BCUT2D eigenvalue weighted by Crippen LogP contribution is 2.06. The van der Waals surface area contributed by atoms with Gasteiger partial charge in [0.25, 0.3) is 0 Å². The molecule has 0 bridgehead atoms. The quantitative estimate of drug-likeness (QED) is 0.680. The fourth-order valence-corrected chi connectivity index (χ4v) is 1.34. The van der Waals surface area contributed by atoms with Gasteiger partial charge in [-0.2, -0.15) is 0 Å². The van der Waals surface area contributed by atoms with E-state index in [0.717, 1.165) is 18.8 Å². The molecule has 1 rings (SSSR count). The summed E-state index contributed by atoms with van der Waals surface area (Å²) in [6.07, 6.45) is 4.73. The first-order valence-electron chi connectivity index (χ1n) is 5.07. The zero-order valence-corrected chi connectivity index (χ0v) is 8.64. The molecule has 1 aliphatic heterocycles. The van der Waals surface area contributed by atoms with E-state index < -0.39 is 5.60 Å². The molecule has 0 radical (unpaired) electrons. The molecule has 1 aliphatic rings. The zero-order valence-electron chi connectivity index (χ0n) is 8.64. The van der Waals surface area contributed by atoms with Crippen molar-refractivity contribution in [1.82, 2.24) is 5.32 Å². The maximum absolute atomic E-state index is 9.50. The van der Waals surface area contributed by atoms with Crippen LogP contribution in [0.25, 0.3) is 0 Å². The molecule has 3 nitrogen and oxygen atoms in total. The van der Waals surface area contributed by atoms with Crippen molar-refractivity contribution >= 4 is 5.84 Å². The lowest BCUT2D eigenvalue weighted by atomic mass is 10.1. The van der Waals surface area contributed by atoms with Gasteiger partial charge in [-0.1, -0.05) is 6.42 Å². The van der Waals surface area contributed by atoms with Gasteiger partial charge in [-0.25, -0.2) is 0 Å². The minimum Gasteiger partial charge on any atom is -0.389 e. The second-order valence-corrected chi connectivity index (χ2v) is 4.31. The number of hydrogen-bond acceptors (Lipinski definition) is 3. The van der Waals surface area contributed by atoms with Gasteiger partial charge in [-0.15, -0.1) is 0 Å². The molecule has 0 atom stereocenters. The van der Waals surface area contributed by atoms with Crippen molar-refractivity contribution in [2.75, 3.05) is 13.1 Å². The SMILES string of the molecule is CC(C)(O)CNC1=NCCCCC1. The van der Waals surface area contributed by atoms with Gasteiger partial charge in [0.15, 0.2) is 0 Å². The monoisotopic (exact) mass is 184 g/mol. The van der Waals surface area contributed by atoms with Gasteiger partial charge in [0, 0.05) is 19.5 Å². The van der Waals surface area contributed by atoms with Crippen molar-refractivity contribution in [2.24, 2.45) is 4.99 Å². The van der Waals surface area contributed by atoms with Crippen molar-refractivity contribution in [3.05, 3.63) is 0 Å². The summed E-state index contributed by atoms with van der Waals surface area (Å²) in [4.78, 5) is 4.42. The first-order chi connectivity index (χ1) is 6.08. The summed E-state index contributed by atoms with van der Waals surface area (Å²) in [6, 6.07) is 0. The average molecular weight is 184 g/mol. The van der Waals surface area contributed by atoms with E-state index in [1.54, 1.807) is 13.8 Å². The molecule has 0 amide bonds. The molecule has 0 fully saturated rings. The van der Waals surface area contributed by atoms with Gasteiger partial charge in [0.1, 0.15) is 0 Å². The molecule has 0 unspecified atom stereocenters. The molecule has 1 heterocycles. The fraction of sp³-hybridized carbons (Fsp3) is 0.900. The summed E-state index contributed by atoms with van der Waals surface area (Å²) in [7, 11) is 0. The second kappa shape index (κ2) is 4.61. The van der Waals surface area contributed by atoms with Gasteiger partial charge in [-0.05, 0) is 26.7 Å². The van der Waals surface area contributed by atoms with Gasteiger partial charge in [0.05, 0.1) is 11.4 Å². The van der Waals surface area contributed by atoms with Crippen molar-refractivity contribution in [2.45, 2.75) is 45.1 Å². The van der Waals surface area contributed by atoms with Crippen LogP contribution in [-0.2, 0) is 0 Å². The van der Waals surface area contributed by atoms with Crippen molar-refractivity contribution in [1.29, 1.82) is 0 Å². The molecule has 0 saturated heterocycles. The maximum Gasteiger partial charge on any atom is 0.0964 e. The second-order valence-electron chi connectivity index (χ2n) is 4.31. The Kier molecular flexibility index (Phi) is 3.72. The largest absolute Gasteiger partial charge is 0.389 e. The number of hydrogen-bond donors (Lipinski definition) is 2. The zero-order chi connectivity index (χ0) is 9.73. The predicted molar refractivity (Wildman–Crippen MR) is 55.1 cm³/mol. The first kappa shape index (κ1) is 10.5. The number of nitrogens with zero attached hydrogens (tertiary/aromatic N) is 1. The highest BCUT2D eigenvalue weighted by atomic mass is 16.3. The highest BCUT2D eigenvalue weighted by Gasteiger charge is 2.13. The Morgan fingerprint density at radius 1 is 1.38 bits per heavy atom. The van der Waals surface area contributed by atoms with Crippen LogP contribution in [0.2, 0.25) is 0 Å². The summed E-state index contributed by atoms with van der Waals surface area (Å²) in [6.45, 7) is 5.13. The third kappa shape index (κ3) is 4.88. The summed E-state index contributed by atoms with van der Waals surface area (Å²) < 4.78 is 0. The Balaban J connectivity index is 2.30. The van der Waals surface area contributed by atoms with E-state index in [1.165, 1.54) is 19.3 Å². The molecule has 13 heavy (non-hydrogen) atoms. The van der Waals surface area contributed by atoms with Crippen LogP contribution in [0.4, 0.5) is 0 Å². The van der Waals surface area contributed by atoms with Crippen molar-refractivity contribution < 1.29 is 5.11 Å². The van der Waals surface area contributed by atoms with E-state index >= 15 is 0 Å². The average Bonchev–Trinajstić information content (AvgIpc) is 2.26. The lowest BCUT2D eigenvalue weighted by Gasteiger charge is -2.19. The van der Waals surface area contributed by atoms with Gasteiger partial charge >= 0.3 is 0 Å². The minimum atomic E-state index is -0.644.